The van der Waals surface area contributed by atoms with Crippen molar-refractivity contribution >= 4 is 46.6 Å². The van der Waals surface area contributed by atoms with E-state index in [1.54, 1.807) is 11.1 Å². The number of rotatable bonds is 11. The molecule has 0 radical (unpaired) electrons. The van der Waals surface area contributed by atoms with E-state index in [2.05, 4.69) is 115 Å². The van der Waals surface area contributed by atoms with Gasteiger partial charge in [-0.05, 0) is 197 Å². The van der Waals surface area contributed by atoms with E-state index in [4.69, 9.17) is 9.47 Å². The van der Waals surface area contributed by atoms with E-state index in [-0.39, 0.29) is 36.2 Å². The summed E-state index contributed by atoms with van der Waals surface area (Å²) in [4.78, 5) is 1.97. The Morgan fingerprint density at radius 1 is 0.698 bits per heavy atom. The Hall–Kier alpha value is -0.340. The third-order valence-corrected chi connectivity index (χ3v) is 16.3. The van der Waals surface area contributed by atoms with Crippen LogP contribution in [0.25, 0.3) is 0 Å². The van der Waals surface area contributed by atoms with Crippen molar-refractivity contribution in [3.05, 3.63) is 70.9 Å². The zero-order valence-electron chi connectivity index (χ0n) is 41.6. The first-order chi connectivity index (χ1) is 29.0. The van der Waals surface area contributed by atoms with E-state index in [0.717, 1.165) is 49.0 Å². The highest BCUT2D eigenvalue weighted by molar-refractivity contribution is 14.1. The molecule has 0 aromatic rings. The maximum atomic E-state index is 10.3. The van der Waals surface area contributed by atoms with E-state index in [1.807, 2.05) is 18.8 Å². The summed E-state index contributed by atoms with van der Waals surface area (Å²) in [7, 11) is 0. The fourth-order valence-corrected chi connectivity index (χ4v) is 12.6. The second-order valence-corrected chi connectivity index (χ2v) is 22.8. The second kappa shape index (κ2) is 24.8. The predicted octanol–water partition coefficient (Wildman–Crippen LogP) is 13.6. The van der Waals surface area contributed by atoms with Crippen molar-refractivity contribution in [2.75, 3.05) is 18.1 Å². The molecule has 4 N–H and O–H groups in total. The number of alkyl halides is 1. The van der Waals surface area contributed by atoms with Gasteiger partial charge in [0.05, 0.1) is 36.1 Å². The van der Waals surface area contributed by atoms with Crippen LogP contribution in [0.5, 0.6) is 0 Å². The molecule has 63 heavy (non-hydrogen) atoms. The molecule has 6 saturated carbocycles. The first-order valence-corrected chi connectivity index (χ1v) is 26.7. The number of ether oxygens (including phenoxy) is 2. The maximum absolute atomic E-state index is 10.3. The fourth-order valence-electron chi connectivity index (χ4n) is 12.6. The first-order valence-electron chi connectivity index (χ1n) is 24.6. The maximum Gasteiger partial charge on any atom is 0.0811 e. The number of fused-ring (bicyclic) bond motifs is 2. The lowest BCUT2D eigenvalue weighted by atomic mass is 9.62. The minimum atomic E-state index is -0.662. The highest BCUT2D eigenvalue weighted by Crippen LogP contribution is 2.60. The van der Waals surface area contributed by atoms with E-state index in [9.17, 15) is 20.4 Å². The Balaban J connectivity index is 0.000000318. The molecule has 6 aliphatic carbocycles. The molecular weight excluding hydrogens is 1010 g/mol. The molecule has 6 aliphatic rings. The quantitative estimate of drug-likeness (QED) is 0.122. The van der Waals surface area contributed by atoms with Gasteiger partial charge in [0, 0.05) is 19.6 Å². The molecule has 0 bridgehead atoms. The molecule has 0 aliphatic heterocycles. The Morgan fingerprint density at radius 3 is 1.57 bits per heavy atom. The standard InChI is InChI=1S/2C27H44O3.CH3I.HI/c1-18-21(16-22(28)17-25(18)29)10-9-20-8-7-13-27(6)23(11-12-24(20)27)19(2)30-15-14-26(3,4)5;1-18-16-22(19(2)25(28)17-18)10-9-21-8-7-13-27(6)23(11-12-24(21)27)20(3)30-15-14-26(4,5)29;1-2;/h9-10,19,22-25,28-29H,1,7-8,11-17H2,2-6H3;9-10,18,20,23-25,28-29H,2,7-8,11-17H2,1,3-6H3;1H3;1H/b20-9+,21-10-;21-9+,22-10+;;/t19-,22+,23+,24-,25-,27+;18-,20+,23-,24+,25+,27-;;/m01../s1. The summed E-state index contributed by atoms with van der Waals surface area (Å²) in [5, 5.41) is 40.4. The predicted molar refractivity (Wildman–Crippen MR) is 284 cm³/mol. The van der Waals surface area contributed by atoms with Crippen molar-refractivity contribution in [1.82, 2.24) is 0 Å². The van der Waals surface area contributed by atoms with Crippen LogP contribution in [0, 0.1) is 45.8 Å². The Labute approximate surface area is 416 Å². The van der Waals surface area contributed by atoms with E-state index in [0.29, 0.717) is 77.8 Å². The fraction of sp³-hybridized carbons (Fsp3) is 0.782. The lowest BCUT2D eigenvalue weighted by Gasteiger charge is -2.44. The summed E-state index contributed by atoms with van der Waals surface area (Å²) < 4.78 is 12.6. The van der Waals surface area contributed by atoms with Crippen LogP contribution >= 0.6 is 46.6 Å². The van der Waals surface area contributed by atoms with Crippen molar-refractivity contribution in [3.63, 3.8) is 0 Å². The average molecular weight is 1100 g/mol. The van der Waals surface area contributed by atoms with Crippen molar-refractivity contribution in [3.8, 4) is 0 Å². The minimum absolute atomic E-state index is 0. The van der Waals surface area contributed by atoms with Gasteiger partial charge >= 0.3 is 0 Å². The molecular formula is C55H92I2O6. The van der Waals surface area contributed by atoms with Crippen molar-refractivity contribution in [2.45, 2.75) is 208 Å². The number of aliphatic hydroxyl groups excluding tert-OH is 3. The number of halogens is 2. The summed E-state index contributed by atoms with van der Waals surface area (Å²) >= 11 is 2.15. The summed E-state index contributed by atoms with van der Waals surface area (Å²) in [5.74, 6) is 2.96. The van der Waals surface area contributed by atoms with Gasteiger partial charge in [-0.25, -0.2) is 0 Å². The molecule has 6 rings (SSSR count). The van der Waals surface area contributed by atoms with Crippen LogP contribution in [0.15, 0.2) is 70.9 Å². The summed E-state index contributed by atoms with van der Waals surface area (Å²) in [6, 6.07) is 0. The third kappa shape index (κ3) is 15.3. The molecule has 0 aromatic heterocycles. The molecule has 0 amide bonds. The second-order valence-electron chi connectivity index (χ2n) is 22.8. The molecule has 12 atom stereocenters. The highest BCUT2D eigenvalue weighted by Gasteiger charge is 2.52. The van der Waals surface area contributed by atoms with Crippen LogP contribution in [-0.2, 0) is 9.47 Å². The average Bonchev–Trinajstić information content (AvgIpc) is 3.73. The number of hydrogen-bond acceptors (Lipinski definition) is 6. The monoisotopic (exact) mass is 1100 g/mol. The molecule has 0 spiro atoms. The van der Waals surface area contributed by atoms with Gasteiger partial charge in [0.15, 0.2) is 0 Å². The van der Waals surface area contributed by atoms with Crippen molar-refractivity contribution in [1.29, 1.82) is 0 Å². The van der Waals surface area contributed by atoms with Gasteiger partial charge in [0.25, 0.3) is 0 Å². The number of aliphatic hydroxyl groups is 4. The third-order valence-electron chi connectivity index (χ3n) is 16.3. The molecule has 6 fully saturated rings. The topological polar surface area (TPSA) is 99.4 Å². The van der Waals surface area contributed by atoms with Crippen LogP contribution in [0.4, 0.5) is 0 Å². The van der Waals surface area contributed by atoms with Gasteiger partial charge in [0.2, 0.25) is 0 Å². The Bertz CT molecular complexity index is 1500. The Morgan fingerprint density at radius 2 is 1.13 bits per heavy atom. The SMILES string of the molecule is C=C1/C(=C/C=C2\CCC[C@]3(C)[C@@H]([C@H](C)OCCC(C)(C)O)CC[C@@H]23)C[C@@H](C)C[C@@H]1O.C=C1/C(=C\C=C2/CCC[C@]3(C)[C@@H]([C@H](C)OCCC(C)(C)C)CC[C@@H]23)C[C@@H](O)C[C@@H]1O.CI.I. The van der Waals surface area contributed by atoms with E-state index in [1.165, 1.54) is 63.4 Å². The van der Waals surface area contributed by atoms with Crippen LogP contribution in [0.3, 0.4) is 0 Å². The molecule has 6 nitrogen and oxygen atoms in total. The van der Waals surface area contributed by atoms with Crippen LogP contribution < -0.4 is 0 Å². The largest absolute Gasteiger partial charge is 0.393 e. The summed E-state index contributed by atoms with van der Waals surface area (Å²) in [6.07, 6.45) is 25.1. The highest BCUT2D eigenvalue weighted by atomic mass is 127. The molecule has 0 unspecified atom stereocenters. The summed E-state index contributed by atoms with van der Waals surface area (Å²) in [6.45, 7) is 31.9. The van der Waals surface area contributed by atoms with Gasteiger partial charge in [-0.2, -0.15) is 0 Å². The zero-order chi connectivity index (χ0) is 46.2. The number of hydrogen-bond donors (Lipinski definition) is 4. The van der Waals surface area contributed by atoms with Crippen LogP contribution in [0.1, 0.15) is 172 Å². The normalized spacial score (nSPS) is 37.1. The van der Waals surface area contributed by atoms with Gasteiger partial charge in [-0.15, -0.1) is 24.0 Å². The molecule has 0 saturated heterocycles. The van der Waals surface area contributed by atoms with Gasteiger partial charge in [0.1, 0.15) is 0 Å². The first kappa shape index (κ1) is 57.0. The number of allylic oxidation sites excluding steroid dienone is 6. The Kier molecular flexibility index (Phi) is 22.4. The van der Waals surface area contributed by atoms with Crippen LogP contribution in [0.2, 0.25) is 0 Å². The molecule has 0 aromatic carbocycles. The van der Waals surface area contributed by atoms with E-state index >= 15 is 0 Å². The molecule has 0 heterocycles. The summed E-state index contributed by atoms with van der Waals surface area (Å²) in [5.41, 5.74) is 7.34. The smallest absolute Gasteiger partial charge is 0.0811 e. The lowest BCUT2D eigenvalue weighted by Crippen LogP contribution is -2.39. The van der Waals surface area contributed by atoms with Gasteiger partial charge in [-0.1, -0.05) is 113 Å². The van der Waals surface area contributed by atoms with Crippen molar-refractivity contribution in [2.24, 2.45) is 45.8 Å². The van der Waals surface area contributed by atoms with Crippen molar-refractivity contribution < 1.29 is 29.9 Å². The van der Waals surface area contributed by atoms with Crippen LogP contribution in [-0.4, -0.2) is 74.7 Å². The zero-order valence-corrected chi connectivity index (χ0v) is 46.1. The molecule has 362 valence electrons. The minimum Gasteiger partial charge on any atom is -0.393 e. The van der Waals surface area contributed by atoms with Gasteiger partial charge < -0.3 is 29.9 Å². The molecule has 8 heteroatoms. The van der Waals surface area contributed by atoms with Gasteiger partial charge in [-0.3, -0.25) is 0 Å². The lowest BCUT2D eigenvalue weighted by molar-refractivity contribution is -0.0454. The van der Waals surface area contributed by atoms with E-state index < -0.39 is 17.8 Å².